The Morgan fingerprint density at radius 2 is 1.67 bits per heavy atom. The maximum absolute atomic E-state index is 12.9. The molecule has 1 fully saturated rings. The highest BCUT2D eigenvalue weighted by Gasteiger charge is 2.18. The molecule has 1 saturated heterocycles. The number of carbonyl (C=O) groups is 1. The fourth-order valence-corrected chi connectivity index (χ4v) is 2.93. The molecule has 2 aromatic carbocycles. The second-order valence-electron chi connectivity index (χ2n) is 6.85. The standard InChI is InChI=1S/C21H25FN2O3/c1-15(26-18-7-3-16(22)4-8-18)21(25)23-17-5-9-19(10-6-17)27-20-11-13-24(2)14-12-20/h3-10,15,20H,11-14H2,1-2H3,(H,23,25)/t15-/m0/s1. The first-order valence-electron chi connectivity index (χ1n) is 9.18. The van der Waals surface area contributed by atoms with E-state index in [1.807, 2.05) is 24.3 Å². The van der Waals surface area contributed by atoms with E-state index in [2.05, 4.69) is 17.3 Å². The zero-order valence-corrected chi connectivity index (χ0v) is 15.7. The number of halogens is 1. The lowest BCUT2D eigenvalue weighted by Crippen LogP contribution is -2.35. The summed E-state index contributed by atoms with van der Waals surface area (Å²) < 4.78 is 24.5. The van der Waals surface area contributed by atoms with Gasteiger partial charge in [0.15, 0.2) is 6.10 Å². The highest BCUT2D eigenvalue weighted by atomic mass is 19.1. The minimum atomic E-state index is -0.703. The number of piperidine rings is 1. The minimum Gasteiger partial charge on any atom is -0.490 e. The smallest absolute Gasteiger partial charge is 0.265 e. The average Bonchev–Trinajstić information content (AvgIpc) is 2.67. The van der Waals surface area contributed by atoms with Crippen LogP contribution in [-0.2, 0) is 4.79 Å². The summed E-state index contributed by atoms with van der Waals surface area (Å²) in [6.07, 6.45) is 1.58. The number of likely N-dealkylation sites (tertiary alicyclic amines) is 1. The van der Waals surface area contributed by atoms with Crippen molar-refractivity contribution in [1.82, 2.24) is 4.90 Å². The van der Waals surface area contributed by atoms with Gasteiger partial charge in [0.1, 0.15) is 23.4 Å². The lowest BCUT2D eigenvalue weighted by atomic mass is 10.1. The third-order valence-electron chi connectivity index (χ3n) is 4.59. The molecule has 1 aliphatic heterocycles. The topological polar surface area (TPSA) is 50.8 Å². The van der Waals surface area contributed by atoms with Crippen molar-refractivity contribution in [2.75, 3.05) is 25.5 Å². The molecule has 3 rings (SSSR count). The summed E-state index contributed by atoms with van der Waals surface area (Å²) in [4.78, 5) is 14.6. The Hall–Kier alpha value is -2.60. The first kappa shape index (κ1) is 19.2. The number of amides is 1. The molecule has 6 heteroatoms. The number of nitrogens with one attached hydrogen (secondary N) is 1. The third kappa shape index (κ3) is 5.69. The van der Waals surface area contributed by atoms with Gasteiger partial charge in [-0.05, 0) is 75.3 Å². The van der Waals surface area contributed by atoms with Crippen molar-refractivity contribution in [3.63, 3.8) is 0 Å². The Balaban J connectivity index is 1.49. The Bertz CT molecular complexity index is 741. The average molecular weight is 372 g/mol. The van der Waals surface area contributed by atoms with Crippen molar-refractivity contribution >= 4 is 11.6 Å². The minimum absolute atomic E-state index is 0.241. The summed E-state index contributed by atoms with van der Waals surface area (Å²) in [5.74, 6) is 0.629. The summed E-state index contributed by atoms with van der Waals surface area (Å²) >= 11 is 0. The van der Waals surface area contributed by atoms with E-state index in [1.165, 1.54) is 24.3 Å². The highest BCUT2D eigenvalue weighted by molar-refractivity contribution is 5.94. The van der Waals surface area contributed by atoms with Crippen LogP contribution in [0.5, 0.6) is 11.5 Å². The van der Waals surface area contributed by atoms with Crippen LogP contribution in [0.1, 0.15) is 19.8 Å². The normalized spacial score (nSPS) is 16.6. The number of rotatable bonds is 6. The summed E-state index contributed by atoms with van der Waals surface area (Å²) in [6, 6.07) is 12.9. The van der Waals surface area contributed by atoms with Gasteiger partial charge < -0.3 is 19.7 Å². The SMILES string of the molecule is C[C@H](Oc1ccc(F)cc1)C(=O)Nc1ccc(OC2CCN(C)CC2)cc1. The molecule has 1 atom stereocenters. The molecule has 1 heterocycles. The van der Waals surface area contributed by atoms with Crippen molar-refractivity contribution in [2.24, 2.45) is 0 Å². The summed E-state index contributed by atoms with van der Waals surface area (Å²) in [6.45, 7) is 3.74. The van der Waals surface area contributed by atoms with E-state index in [9.17, 15) is 9.18 Å². The quantitative estimate of drug-likeness (QED) is 0.840. The lowest BCUT2D eigenvalue weighted by Gasteiger charge is -2.29. The Kier molecular flexibility index (Phi) is 6.29. The maximum Gasteiger partial charge on any atom is 0.265 e. The summed E-state index contributed by atoms with van der Waals surface area (Å²) in [7, 11) is 2.12. The van der Waals surface area contributed by atoms with Gasteiger partial charge in [-0.25, -0.2) is 4.39 Å². The number of anilines is 1. The predicted octanol–water partition coefficient (Wildman–Crippen LogP) is 3.70. The van der Waals surface area contributed by atoms with Crippen LogP contribution < -0.4 is 14.8 Å². The highest BCUT2D eigenvalue weighted by Crippen LogP contribution is 2.21. The fraction of sp³-hybridized carbons (Fsp3) is 0.381. The van der Waals surface area contributed by atoms with Gasteiger partial charge in [-0.3, -0.25) is 4.79 Å². The molecule has 27 heavy (non-hydrogen) atoms. The van der Waals surface area contributed by atoms with Crippen LogP contribution in [0.25, 0.3) is 0 Å². The monoisotopic (exact) mass is 372 g/mol. The van der Waals surface area contributed by atoms with E-state index < -0.39 is 6.10 Å². The zero-order valence-electron chi connectivity index (χ0n) is 15.7. The maximum atomic E-state index is 12.9. The Morgan fingerprint density at radius 3 is 2.30 bits per heavy atom. The molecule has 0 spiro atoms. The van der Waals surface area contributed by atoms with E-state index in [1.54, 1.807) is 6.92 Å². The lowest BCUT2D eigenvalue weighted by molar-refractivity contribution is -0.122. The number of hydrogen-bond donors (Lipinski definition) is 1. The van der Waals surface area contributed by atoms with Gasteiger partial charge in [0.2, 0.25) is 0 Å². The third-order valence-corrected chi connectivity index (χ3v) is 4.59. The molecule has 1 amide bonds. The van der Waals surface area contributed by atoms with Crippen LogP contribution in [0.3, 0.4) is 0 Å². The van der Waals surface area contributed by atoms with Crippen LogP contribution in [0, 0.1) is 5.82 Å². The first-order chi connectivity index (χ1) is 13.0. The second-order valence-corrected chi connectivity index (χ2v) is 6.85. The molecule has 0 aliphatic carbocycles. The van der Waals surface area contributed by atoms with Crippen LogP contribution in [0.15, 0.2) is 48.5 Å². The predicted molar refractivity (Wildman–Crippen MR) is 103 cm³/mol. The molecular weight excluding hydrogens is 347 g/mol. The van der Waals surface area contributed by atoms with Crippen molar-refractivity contribution < 1.29 is 18.7 Å². The zero-order chi connectivity index (χ0) is 19.2. The van der Waals surface area contributed by atoms with Gasteiger partial charge >= 0.3 is 0 Å². The number of carbonyl (C=O) groups excluding carboxylic acids is 1. The largest absolute Gasteiger partial charge is 0.490 e. The number of hydrogen-bond acceptors (Lipinski definition) is 4. The van der Waals surface area contributed by atoms with Gasteiger partial charge in [-0.15, -0.1) is 0 Å². The molecular formula is C21H25FN2O3. The molecule has 1 N–H and O–H groups in total. The molecule has 0 aromatic heterocycles. The number of nitrogens with zero attached hydrogens (tertiary/aromatic N) is 1. The Labute approximate surface area is 159 Å². The fourth-order valence-electron chi connectivity index (χ4n) is 2.93. The van der Waals surface area contributed by atoms with Crippen molar-refractivity contribution in [2.45, 2.75) is 32.0 Å². The molecule has 0 unspecified atom stereocenters. The Morgan fingerprint density at radius 1 is 1.07 bits per heavy atom. The first-order valence-corrected chi connectivity index (χ1v) is 9.18. The van der Waals surface area contributed by atoms with Crippen LogP contribution >= 0.6 is 0 Å². The van der Waals surface area contributed by atoms with E-state index >= 15 is 0 Å². The van der Waals surface area contributed by atoms with Gasteiger partial charge in [0, 0.05) is 18.8 Å². The molecule has 0 radical (unpaired) electrons. The van der Waals surface area contributed by atoms with Crippen molar-refractivity contribution in [3.8, 4) is 11.5 Å². The molecule has 5 nitrogen and oxygen atoms in total. The van der Waals surface area contributed by atoms with E-state index in [4.69, 9.17) is 9.47 Å². The molecule has 1 aliphatic rings. The summed E-state index contributed by atoms with van der Waals surface area (Å²) in [5.41, 5.74) is 0.672. The number of benzene rings is 2. The van der Waals surface area contributed by atoms with Gasteiger partial charge in [-0.2, -0.15) is 0 Å². The van der Waals surface area contributed by atoms with Gasteiger partial charge in [-0.1, -0.05) is 0 Å². The van der Waals surface area contributed by atoms with Gasteiger partial charge in [0.25, 0.3) is 5.91 Å². The molecule has 2 aromatic rings. The van der Waals surface area contributed by atoms with E-state index in [0.717, 1.165) is 31.7 Å². The molecule has 0 bridgehead atoms. The molecule has 144 valence electrons. The summed E-state index contributed by atoms with van der Waals surface area (Å²) in [5, 5.41) is 2.81. The van der Waals surface area contributed by atoms with Crippen LogP contribution in [-0.4, -0.2) is 43.2 Å². The van der Waals surface area contributed by atoms with Crippen LogP contribution in [0.4, 0.5) is 10.1 Å². The second kappa shape index (κ2) is 8.86. The van der Waals surface area contributed by atoms with Crippen molar-refractivity contribution in [3.05, 3.63) is 54.3 Å². The van der Waals surface area contributed by atoms with E-state index in [-0.39, 0.29) is 17.8 Å². The number of ether oxygens (including phenoxy) is 2. The van der Waals surface area contributed by atoms with E-state index in [0.29, 0.717) is 11.4 Å². The van der Waals surface area contributed by atoms with Crippen LogP contribution in [0.2, 0.25) is 0 Å². The van der Waals surface area contributed by atoms with Gasteiger partial charge in [0.05, 0.1) is 0 Å². The van der Waals surface area contributed by atoms with Crippen molar-refractivity contribution in [1.29, 1.82) is 0 Å². The molecule has 0 saturated carbocycles.